The van der Waals surface area contributed by atoms with Crippen molar-refractivity contribution in [3.05, 3.63) is 35.9 Å². The van der Waals surface area contributed by atoms with Crippen molar-refractivity contribution in [2.45, 2.75) is 5.92 Å². The molecule has 0 radical (unpaired) electrons. The van der Waals surface area contributed by atoms with Gasteiger partial charge in [-0.3, -0.25) is 4.79 Å². The molecule has 19 heavy (non-hydrogen) atoms. The number of ether oxygens (including phenoxy) is 1. The molecule has 0 spiro atoms. The van der Waals surface area contributed by atoms with Crippen LogP contribution in [0.3, 0.4) is 0 Å². The van der Waals surface area contributed by atoms with E-state index in [1.54, 1.807) is 0 Å². The number of benzene rings is 1. The minimum Gasteiger partial charge on any atom is -0.396 e. The number of carbonyl (C=O) groups is 1. The Balaban J connectivity index is 1.72. The molecule has 0 aromatic heterocycles. The largest absolute Gasteiger partial charge is 0.396 e. The first-order valence-electron chi connectivity index (χ1n) is 6.85. The van der Waals surface area contributed by atoms with Gasteiger partial charge in [0.1, 0.15) is 0 Å². The number of aliphatic hydroxyl groups excluding tert-OH is 1. The molecule has 0 unspecified atom stereocenters. The molecular weight excluding hydrogens is 242 g/mol. The van der Waals surface area contributed by atoms with E-state index in [2.05, 4.69) is 0 Å². The summed E-state index contributed by atoms with van der Waals surface area (Å²) in [6.07, 6.45) is 0. The Hall–Kier alpha value is -1.39. The summed E-state index contributed by atoms with van der Waals surface area (Å²) in [5.74, 6) is 0.390. The summed E-state index contributed by atoms with van der Waals surface area (Å²) in [6, 6.07) is 10.0. The quantitative estimate of drug-likeness (QED) is 0.878. The molecular formula is C15H19NO3. The second-order valence-electron chi connectivity index (χ2n) is 5.25. The van der Waals surface area contributed by atoms with Crippen LogP contribution < -0.4 is 0 Å². The van der Waals surface area contributed by atoms with Crippen molar-refractivity contribution in [3.8, 4) is 0 Å². The monoisotopic (exact) mass is 261 g/mol. The molecule has 1 heterocycles. The molecule has 102 valence electrons. The third kappa shape index (κ3) is 2.38. The summed E-state index contributed by atoms with van der Waals surface area (Å²) in [4.78, 5) is 14.3. The number of morpholine rings is 1. The molecule has 3 atom stereocenters. The molecule has 4 heteroatoms. The lowest BCUT2D eigenvalue weighted by molar-refractivity contribution is -0.137. The van der Waals surface area contributed by atoms with E-state index in [-0.39, 0.29) is 30.3 Å². The lowest BCUT2D eigenvalue weighted by atomic mass is 10.1. The normalized spacial score (nSPS) is 30.2. The maximum Gasteiger partial charge on any atom is 0.226 e. The van der Waals surface area contributed by atoms with Crippen molar-refractivity contribution in [2.24, 2.45) is 11.8 Å². The van der Waals surface area contributed by atoms with E-state index in [1.165, 1.54) is 0 Å². The molecule has 1 amide bonds. The first kappa shape index (κ1) is 12.6. The highest BCUT2D eigenvalue weighted by molar-refractivity contribution is 5.84. The minimum absolute atomic E-state index is 0.0505. The zero-order valence-corrected chi connectivity index (χ0v) is 10.9. The molecule has 1 saturated carbocycles. The molecule has 2 fully saturated rings. The van der Waals surface area contributed by atoms with Crippen molar-refractivity contribution in [1.29, 1.82) is 0 Å². The van der Waals surface area contributed by atoms with Crippen LogP contribution in [0.5, 0.6) is 0 Å². The highest BCUT2D eigenvalue weighted by Crippen LogP contribution is 2.54. The molecule has 1 aliphatic carbocycles. The predicted octanol–water partition coefficient (Wildman–Crippen LogP) is 0.867. The van der Waals surface area contributed by atoms with Crippen LogP contribution in [-0.4, -0.2) is 48.8 Å². The fourth-order valence-corrected chi connectivity index (χ4v) is 3.06. The maximum atomic E-state index is 12.5. The fraction of sp³-hybridized carbons (Fsp3) is 0.533. The van der Waals surface area contributed by atoms with E-state index in [4.69, 9.17) is 4.74 Å². The summed E-state index contributed by atoms with van der Waals surface area (Å²) in [6.45, 7) is 2.68. The second kappa shape index (κ2) is 5.31. The number of carbonyl (C=O) groups excluding carboxylic acids is 1. The number of hydrogen-bond acceptors (Lipinski definition) is 3. The molecule has 4 nitrogen and oxygen atoms in total. The number of aliphatic hydroxyl groups is 1. The van der Waals surface area contributed by atoms with Crippen LogP contribution >= 0.6 is 0 Å². The lowest BCUT2D eigenvalue weighted by Gasteiger charge is -2.27. The third-order valence-corrected chi connectivity index (χ3v) is 4.17. The smallest absolute Gasteiger partial charge is 0.226 e. The Labute approximate surface area is 113 Å². The van der Waals surface area contributed by atoms with E-state index in [0.29, 0.717) is 26.3 Å². The van der Waals surface area contributed by atoms with Crippen LogP contribution in [0.1, 0.15) is 11.5 Å². The van der Waals surface area contributed by atoms with Crippen LogP contribution in [0, 0.1) is 11.8 Å². The van der Waals surface area contributed by atoms with Crippen molar-refractivity contribution >= 4 is 5.91 Å². The van der Waals surface area contributed by atoms with Crippen molar-refractivity contribution in [1.82, 2.24) is 4.90 Å². The molecule has 0 bridgehead atoms. The Morgan fingerprint density at radius 3 is 2.58 bits per heavy atom. The average molecular weight is 261 g/mol. The molecule has 1 saturated heterocycles. The Bertz CT molecular complexity index is 442. The van der Waals surface area contributed by atoms with Crippen molar-refractivity contribution in [3.63, 3.8) is 0 Å². The topological polar surface area (TPSA) is 49.8 Å². The summed E-state index contributed by atoms with van der Waals surface area (Å²) < 4.78 is 5.27. The SMILES string of the molecule is O=C([C@@H]1[C@H](CO)[C@H]1c1ccccc1)N1CCOCC1. The summed E-state index contributed by atoms with van der Waals surface area (Å²) in [5.41, 5.74) is 1.16. The van der Waals surface area contributed by atoms with Crippen molar-refractivity contribution < 1.29 is 14.6 Å². The molecule has 1 aliphatic heterocycles. The molecule has 1 aromatic carbocycles. The number of hydrogen-bond donors (Lipinski definition) is 1. The van der Waals surface area contributed by atoms with Crippen LogP contribution in [-0.2, 0) is 9.53 Å². The molecule has 2 aliphatic rings. The van der Waals surface area contributed by atoms with Gasteiger partial charge in [-0.1, -0.05) is 30.3 Å². The first-order valence-corrected chi connectivity index (χ1v) is 6.85. The number of rotatable bonds is 3. The van der Waals surface area contributed by atoms with Gasteiger partial charge in [0.05, 0.1) is 19.1 Å². The molecule has 3 rings (SSSR count). The third-order valence-electron chi connectivity index (χ3n) is 4.17. The van der Waals surface area contributed by atoms with Gasteiger partial charge in [0.15, 0.2) is 0 Å². The van der Waals surface area contributed by atoms with E-state index in [9.17, 15) is 9.90 Å². The van der Waals surface area contributed by atoms with E-state index >= 15 is 0 Å². The van der Waals surface area contributed by atoms with E-state index < -0.39 is 0 Å². The molecule has 1 aromatic rings. The maximum absolute atomic E-state index is 12.5. The van der Waals surface area contributed by atoms with Gasteiger partial charge >= 0.3 is 0 Å². The second-order valence-corrected chi connectivity index (χ2v) is 5.25. The van der Waals surface area contributed by atoms with Crippen LogP contribution in [0.15, 0.2) is 30.3 Å². The van der Waals surface area contributed by atoms with E-state index in [1.807, 2.05) is 35.2 Å². The predicted molar refractivity (Wildman–Crippen MR) is 70.6 cm³/mol. The highest BCUT2D eigenvalue weighted by Gasteiger charge is 2.55. The Morgan fingerprint density at radius 1 is 1.26 bits per heavy atom. The van der Waals surface area contributed by atoms with Gasteiger partial charge in [-0.05, 0) is 5.56 Å². The van der Waals surface area contributed by atoms with Gasteiger partial charge in [-0.2, -0.15) is 0 Å². The Kier molecular flexibility index (Phi) is 3.53. The summed E-state index contributed by atoms with van der Waals surface area (Å²) in [5, 5.41) is 9.46. The highest BCUT2D eigenvalue weighted by atomic mass is 16.5. The lowest BCUT2D eigenvalue weighted by Crippen LogP contribution is -2.42. The van der Waals surface area contributed by atoms with Gasteiger partial charge in [0.25, 0.3) is 0 Å². The van der Waals surface area contributed by atoms with Crippen LogP contribution in [0.25, 0.3) is 0 Å². The standard InChI is InChI=1S/C15H19NO3/c17-10-12-13(11-4-2-1-3-5-11)14(12)15(18)16-6-8-19-9-7-16/h1-5,12-14,17H,6-10H2/t12-,13-,14-/m1/s1. The zero-order chi connectivity index (χ0) is 13.2. The van der Waals surface area contributed by atoms with Gasteiger partial charge in [-0.15, -0.1) is 0 Å². The number of nitrogens with zero attached hydrogens (tertiary/aromatic N) is 1. The van der Waals surface area contributed by atoms with Gasteiger partial charge in [0, 0.05) is 31.5 Å². The summed E-state index contributed by atoms with van der Waals surface area (Å²) >= 11 is 0. The summed E-state index contributed by atoms with van der Waals surface area (Å²) in [7, 11) is 0. The van der Waals surface area contributed by atoms with Gasteiger partial charge < -0.3 is 14.7 Å². The average Bonchev–Trinajstić information content (AvgIpc) is 3.22. The van der Waals surface area contributed by atoms with Crippen LogP contribution in [0.2, 0.25) is 0 Å². The van der Waals surface area contributed by atoms with Gasteiger partial charge in [-0.25, -0.2) is 0 Å². The van der Waals surface area contributed by atoms with Gasteiger partial charge in [0.2, 0.25) is 5.91 Å². The Morgan fingerprint density at radius 2 is 1.95 bits per heavy atom. The molecule has 1 N–H and O–H groups in total. The first-order chi connectivity index (χ1) is 9.33. The van der Waals surface area contributed by atoms with E-state index in [0.717, 1.165) is 5.56 Å². The van der Waals surface area contributed by atoms with Crippen LogP contribution in [0.4, 0.5) is 0 Å². The fourth-order valence-electron chi connectivity index (χ4n) is 3.06. The zero-order valence-electron chi connectivity index (χ0n) is 10.9. The number of amides is 1. The minimum atomic E-state index is -0.0505. The van der Waals surface area contributed by atoms with Crippen molar-refractivity contribution in [2.75, 3.05) is 32.9 Å².